The van der Waals surface area contributed by atoms with Crippen LogP contribution in [0.4, 0.5) is 0 Å². The second kappa shape index (κ2) is 7.08. The highest BCUT2D eigenvalue weighted by Gasteiger charge is 2.53. The lowest BCUT2D eigenvalue weighted by atomic mass is 10.00. The van der Waals surface area contributed by atoms with Gasteiger partial charge in [0, 0.05) is 23.2 Å². The number of benzene rings is 2. The third kappa shape index (κ3) is 3.55. The molecular formula is C21H19ClN2O3. The SMILES string of the molecule is COc1cccc(-c2cc(C3(C(=O)NCc4ccc(Cl)cc4)CC3)no2)c1. The molecule has 0 atom stereocenters. The molecule has 0 unspecified atom stereocenters. The van der Waals surface area contributed by atoms with Crippen LogP contribution in [-0.2, 0) is 16.8 Å². The maximum Gasteiger partial charge on any atom is 0.232 e. The van der Waals surface area contributed by atoms with E-state index in [9.17, 15) is 4.79 Å². The molecule has 27 heavy (non-hydrogen) atoms. The van der Waals surface area contributed by atoms with Crippen LogP contribution in [0, 0.1) is 0 Å². The van der Waals surface area contributed by atoms with Crippen LogP contribution in [0.5, 0.6) is 5.75 Å². The van der Waals surface area contributed by atoms with Crippen molar-refractivity contribution < 1.29 is 14.1 Å². The molecular weight excluding hydrogens is 364 g/mol. The van der Waals surface area contributed by atoms with Gasteiger partial charge in [-0.25, -0.2) is 0 Å². The van der Waals surface area contributed by atoms with Crippen molar-refractivity contribution in [2.24, 2.45) is 0 Å². The number of hydrogen-bond donors (Lipinski definition) is 1. The number of nitrogens with zero attached hydrogens (tertiary/aromatic N) is 1. The number of hydrogen-bond acceptors (Lipinski definition) is 4. The van der Waals surface area contributed by atoms with Gasteiger partial charge in [-0.1, -0.05) is 41.0 Å². The van der Waals surface area contributed by atoms with E-state index in [4.69, 9.17) is 20.9 Å². The standard InChI is InChI=1S/C21H19ClN2O3/c1-26-17-4-2-3-15(11-17)18-12-19(24-27-18)21(9-10-21)20(25)23-13-14-5-7-16(22)8-6-14/h2-8,11-12H,9-10,13H2,1H3,(H,23,25). The number of nitrogens with one attached hydrogen (secondary N) is 1. The lowest BCUT2D eigenvalue weighted by Gasteiger charge is -2.12. The van der Waals surface area contributed by atoms with E-state index in [2.05, 4.69) is 10.5 Å². The van der Waals surface area contributed by atoms with Gasteiger partial charge in [0.1, 0.15) is 5.75 Å². The van der Waals surface area contributed by atoms with Gasteiger partial charge < -0.3 is 14.6 Å². The molecule has 6 heteroatoms. The van der Waals surface area contributed by atoms with Crippen molar-refractivity contribution in [2.75, 3.05) is 7.11 Å². The number of carbonyl (C=O) groups is 1. The largest absolute Gasteiger partial charge is 0.497 e. The Kier molecular flexibility index (Phi) is 4.62. The summed E-state index contributed by atoms with van der Waals surface area (Å²) in [7, 11) is 1.62. The van der Waals surface area contributed by atoms with Gasteiger partial charge in [0.2, 0.25) is 5.91 Å². The molecule has 0 spiro atoms. The van der Waals surface area contributed by atoms with Crippen LogP contribution in [-0.4, -0.2) is 18.2 Å². The van der Waals surface area contributed by atoms with Gasteiger partial charge in [-0.3, -0.25) is 4.79 Å². The van der Waals surface area contributed by atoms with Gasteiger partial charge in [0.25, 0.3) is 0 Å². The molecule has 1 aliphatic carbocycles. The van der Waals surface area contributed by atoms with E-state index >= 15 is 0 Å². The molecule has 4 rings (SSSR count). The molecule has 1 heterocycles. The maximum absolute atomic E-state index is 12.8. The molecule has 1 aromatic heterocycles. The molecule has 2 aromatic carbocycles. The van der Waals surface area contributed by atoms with Crippen molar-refractivity contribution in [3.05, 3.63) is 70.9 Å². The Morgan fingerprint density at radius 1 is 1.22 bits per heavy atom. The van der Waals surface area contributed by atoms with Crippen molar-refractivity contribution in [3.63, 3.8) is 0 Å². The summed E-state index contributed by atoms with van der Waals surface area (Å²) in [4.78, 5) is 12.8. The highest BCUT2D eigenvalue weighted by atomic mass is 35.5. The molecule has 1 amide bonds. The minimum atomic E-state index is -0.590. The van der Waals surface area contributed by atoms with Gasteiger partial charge in [-0.2, -0.15) is 0 Å². The smallest absolute Gasteiger partial charge is 0.232 e. The summed E-state index contributed by atoms with van der Waals surface area (Å²) in [6.07, 6.45) is 1.53. The van der Waals surface area contributed by atoms with Crippen LogP contribution in [0.3, 0.4) is 0 Å². The summed E-state index contributed by atoms with van der Waals surface area (Å²) >= 11 is 5.89. The summed E-state index contributed by atoms with van der Waals surface area (Å²) < 4.78 is 10.8. The van der Waals surface area contributed by atoms with E-state index in [1.165, 1.54) is 0 Å². The first-order valence-electron chi connectivity index (χ1n) is 8.75. The molecule has 0 bridgehead atoms. The minimum Gasteiger partial charge on any atom is -0.497 e. The highest BCUT2D eigenvalue weighted by molar-refractivity contribution is 6.30. The first kappa shape index (κ1) is 17.6. The van der Waals surface area contributed by atoms with Gasteiger partial charge in [0.05, 0.1) is 18.2 Å². The number of halogens is 1. The van der Waals surface area contributed by atoms with Gasteiger partial charge >= 0.3 is 0 Å². The Morgan fingerprint density at radius 3 is 2.70 bits per heavy atom. The van der Waals surface area contributed by atoms with Crippen molar-refractivity contribution in [1.82, 2.24) is 10.5 Å². The number of aromatic nitrogens is 1. The summed E-state index contributed by atoms with van der Waals surface area (Å²) in [6.45, 7) is 0.457. The molecule has 0 saturated heterocycles. The van der Waals surface area contributed by atoms with Gasteiger partial charge in [-0.15, -0.1) is 0 Å². The Labute approximate surface area is 162 Å². The quantitative estimate of drug-likeness (QED) is 0.688. The van der Waals surface area contributed by atoms with E-state index in [1.807, 2.05) is 54.6 Å². The Hall–Kier alpha value is -2.79. The van der Waals surface area contributed by atoms with Crippen LogP contribution < -0.4 is 10.1 Å². The molecule has 3 aromatic rings. The summed E-state index contributed by atoms with van der Waals surface area (Å²) in [5, 5.41) is 7.86. The molecule has 1 saturated carbocycles. The van der Waals surface area contributed by atoms with Crippen LogP contribution in [0.2, 0.25) is 5.02 Å². The molecule has 0 radical (unpaired) electrons. The molecule has 5 nitrogen and oxygen atoms in total. The normalized spacial score (nSPS) is 14.6. The average Bonchev–Trinajstić information content (AvgIpc) is 3.37. The lowest BCUT2D eigenvalue weighted by molar-refractivity contribution is -0.123. The molecule has 138 valence electrons. The van der Waals surface area contributed by atoms with Crippen LogP contribution in [0.25, 0.3) is 11.3 Å². The third-order valence-corrected chi connectivity index (χ3v) is 5.16. The zero-order valence-corrected chi connectivity index (χ0v) is 15.6. The van der Waals surface area contributed by atoms with Crippen molar-refractivity contribution in [3.8, 4) is 17.1 Å². The third-order valence-electron chi connectivity index (χ3n) is 4.91. The summed E-state index contributed by atoms with van der Waals surface area (Å²) in [5.41, 5.74) is 1.95. The predicted molar refractivity (Wildman–Crippen MR) is 103 cm³/mol. The second-order valence-electron chi connectivity index (χ2n) is 6.70. The lowest BCUT2D eigenvalue weighted by Crippen LogP contribution is -2.34. The van der Waals surface area contributed by atoms with E-state index in [0.29, 0.717) is 23.0 Å². The van der Waals surface area contributed by atoms with Gasteiger partial charge in [-0.05, 0) is 42.7 Å². The van der Waals surface area contributed by atoms with Crippen LogP contribution >= 0.6 is 11.6 Å². The van der Waals surface area contributed by atoms with E-state index in [-0.39, 0.29) is 5.91 Å². The predicted octanol–water partition coefficient (Wildman–Crippen LogP) is 4.35. The molecule has 1 aliphatic rings. The first-order chi connectivity index (χ1) is 13.1. The fourth-order valence-corrected chi connectivity index (χ4v) is 3.22. The fraction of sp³-hybridized carbons (Fsp3) is 0.238. The van der Waals surface area contributed by atoms with Crippen molar-refractivity contribution in [2.45, 2.75) is 24.8 Å². The first-order valence-corrected chi connectivity index (χ1v) is 9.13. The average molecular weight is 383 g/mol. The summed E-state index contributed by atoms with van der Waals surface area (Å²) in [5.74, 6) is 1.34. The second-order valence-corrected chi connectivity index (χ2v) is 7.14. The number of ether oxygens (including phenoxy) is 1. The number of amides is 1. The Morgan fingerprint density at radius 2 is 2.00 bits per heavy atom. The van der Waals surface area contributed by atoms with Crippen molar-refractivity contribution in [1.29, 1.82) is 0 Å². The Bertz CT molecular complexity index is 962. The highest BCUT2D eigenvalue weighted by Crippen LogP contribution is 2.48. The van der Waals surface area contributed by atoms with Crippen molar-refractivity contribution >= 4 is 17.5 Å². The van der Waals surface area contributed by atoms with Crippen LogP contribution in [0.1, 0.15) is 24.1 Å². The minimum absolute atomic E-state index is 0.0251. The molecule has 0 aliphatic heterocycles. The molecule has 1 fully saturated rings. The monoisotopic (exact) mass is 382 g/mol. The number of methoxy groups -OCH3 is 1. The fourth-order valence-electron chi connectivity index (χ4n) is 3.09. The molecule has 1 N–H and O–H groups in total. The summed E-state index contributed by atoms with van der Waals surface area (Å²) in [6, 6.07) is 16.8. The van der Waals surface area contributed by atoms with Gasteiger partial charge in [0.15, 0.2) is 5.76 Å². The van der Waals surface area contributed by atoms with E-state index in [1.54, 1.807) is 7.11 Å². The maximum atomic E-state index is 12.8. The number of carbonyl (C=O) groups excluding carboxylic acids is 1. The Balaban J connectivity index is 1.48. The zero-order chi connectivity index (χ0) is 18.9. The topological polar surface area (TPSA) is 64.4 Å². The van der Waals surface area contributed by atoms with Crippen LogP contribution in [0.15, 0.2) is 59.1 Å². The van der Waals surface area contributed by atoms with E-state index in [0.717, 1.165) is 29.7 Å². The zero-order valence-electron chi connectivity index (χ0n) is 14.9. The number of rotatable bonds is 6. The van der Waals surface area contributed by atoms with E-state index < -0.39 is 5.41 Å².